The van der Waals surface area contributed by atoms with Gasteiger partial charge in [-0.3, -0.25) is 4.79 Å². The van der Waals surface area contributed by atoms with E-state index in [-0.39, 0.29) is 11.3 Å². The molecule has 0 saturated carbocycles. The van der Waals surface area contributed by atoms with Crippen LogP contribution < -0.4 is 5.32 Å². The van der Waals surface area contributed by atoms with Crippen LogP contribution in [0.2, 0.25) is 0 Å². The van der Waals surface area contributed by atoms with E-state index in [4.69, 9.17) is 0 Å². The zero-order chi connectivity index (χ0) is 16.1. The van der Waals surface area contributed by atoms with E-state index in [0.29, 0.717) is 19.3 Å². The summed E-state index contributed by atoms with van der Waals surface area (Å²) in [6.07, 6.45) is 1.34. The highest BCUT2D eigenvalue weighted by molar-refractivity contribution is 5.86. The summed E-state index contributed by atoms with van der Waals surface area (Å²) in [5.74, 6) is -1.22. The molecule has 0 aliphatic heterocycles. The molecule has 4 heteroatoms. The summed E-state index contributed by atoms with van der Waals surface area (Å²) in [5, 5.41) is 11.8. The number of benzene rings is 1. The fourth-order valence-electron chi connectivity index (χ4n) is 2.12. The van der Waals surface area contributed by atoms with Crippen LogP contribution in [0.15, 0.2) is 30.3 Å². The smallest absolute Gasteiger partial charge is 0.329 e. The Bertz CT molecular complexity index is 496. The van der Waals surface area contributed by atoms with Gasteiger partial charge in [0.15, 0.2) is 0 Å². The van der Waals surface area contributed by atoms with Crippen LogP contribution >= 0.6 is 0 Å². The van der Waals surface area contributed by atoms with Crippen molar-refractivity contribution in [2.45, 2.75) is 57.9 Å². The number of hydrogen-bond acceptors (Lipinski definition) is 2. The van der Waals surface area contributed by atoms with Gasteiger partial charge in [-0.1, -0.05) is 51.1 Å². The molecule has 0 aromatic heterocycles. The number of nitrogens with one attached hydrogen (secondary N) is 1. The number of rotatable bonds is 7. The minimum absolute atomic E-state index is 0.121. The number of aliphatic carboxylic acids is 1. The van der Waals surface area contributed by atoms with Crippen molar-refractivity contribution in [3.05, 3.63) is 35.9 Å². The van der Waals surface area contributed by atoms with Crippen molar-refractivity contribution in [3.63, 3.8) is 0 Å². The second-order valence-electron chi connectivity index (χ2n) is 6.29. The zero-order valence-corrected chi connectivity index (χ0v) is 13.3. The molecule has 0 saturated heterocycles. The first-order valence-electron chi connectivity index (χ1n) is 7.31. The first-order valence-corrected chi connectivity index (χ1v) is 7.31. The molecule has 0 bridgehead atoms. The Labute approximate surface area is 126 Å². The predicted molar refractivity (Wildman–Crippen MR) is 83.2 cm³/mol. The molecule has 2 N–H and O–H groups in total. The van der Waals surface area contributed by atoms with E-state index in [9.17, 15) is 14.7 Å². The third-order valence-electron chi connectivity index (χ3n) is 4.13. The van der Waals surface area contributed by atoms with Gasteiger partial charge in [0.05, 0.1) is 0 Å². The molecule has 0 aliphatic rings. The number of amides is 1. The largest absolute Gasteiger partial charge is 0.480 e. The third kappa shape index (κ3) is 4.59. The molecule has 116 valence electrons. The average Bonchev–Trinajstić information content (AvgIpc) is 2.46. The summed E-state index contributed by atoms with van der Waals surface area (Å²) in [7, 11) is 0. The van der Waals surface area contributed by atoms with Crippen molar-refractivity contribution in [3.8, 4) is 0 Å². The summed E-state index contributed by atoms with van der Waals surface area (Å²) in [4.78, 5) is 23.2. The molecular weight excluding hydrogens is 266 g/mol. The molecule has 4 nitrogen and oxygen atoms in total. The molecule has 1 amide bonds. The van der Waals surface area contributed by atoms with Gasteiger partial charge >= 0.3 is 5.97 Å². The Morgan fingerprint density at radius 2 is 1.71 bits per heavy atom. The van der Waals surface area contributed by atoms with Crippen molar-refractivity contribution in [1.82, 2.24) is 5.32 Å². The molecule has 1 rings (SSSR count). The van der Waals surface area contributed by atoms with Gasteiger partial charge < -0.3 is 10.4 Å². The summed E-state index contributed by atoms with van der Waals surface area (Å²) >= 11 is 0. The van der Waals surface area contributed by atoms with Crippen LogP contribution in [0.25, 0.3) is 0 Å². The minimum Gasteiger partial charge on any atom is -0.480 e. The summed E-state index contributed by atoms with van der Waals surface area (Å²) in [6, 6.07) is 10.0. The van der Waals surface area contributed by atoms with E-state index in [1.165, 1.54) is 12.5 Å². The molecule has 1 aromatic rings. The van der Waals surface area contributed by atoms with Crippen LogP contribution in [0.5, 0.6) is 0 Å². The summed E-state index contributed by atoms with van der Waals surface area (Å²) in [6.45, 7) is 7.47. The van der Waals surface area contributed by atoms with Gasteiger partial charge in [-0.2, -0.15) is 0 Å². The van der Waals surface area contributed by atoms with E-state index in [1.54, 1.807) is 6.92 Å². The Hall–Kier alpha value is -1.84. The SMILES string of the molecule is CCC(C)(NC(=O)CCC(C)(C)c1ccccc1)C(=O)O. The monoisotopic (exact) mass is 291 g/mol. The van der Waals surface area contributed by atoms with E-state index >= 15 is 0 Å². The molecular formula is C17H25NO3. The van der Waals surface area contributed by atoms with E-state index < -0.39 is 11.5 Å². The van der Waals surface area contributed by atoms with Crippen molar-refractivity contribution in [2.75, 3.05) is 0 Å². The van der Waals surface area contributed by atoms with Crippen LogP contribution in [-0.2, 0) is 15.0 Å². The lowest BCUT2D eigenvalue weighted by Gasteiger charge is -2.27. The maximum absolute atomic E-state index is 12.0. The lowest BCUT2D eigenvalue weighted by molar-refractivity contribution is -0.147. The van der Waals surface area contributed by atoms with Gasteiger partial charge in [-0.25, -0.2) is 4.79 Å². The Balaban J connectivity index is 2.63. The average molecular weight is 291 g/mol. The third-order valence-corrected chi connectivity index (χ3v) is 4.13. The molecule has 1 aromatic carbocycles. The van der Waals surface area contributed by atoms with Crippen molar-refractivity contribution < 1.29 is 14.7 Å². The maximum Gasteiger partial charge on any atom is 0.329 e. The highest BCUT2D eigenvalue weighted by Crippen LogP contribution is 2.28. The van der Waals surface area contributed by atoms with E-state index in [1.807, 2.05) is 30.3 Å². The normalized spacial score (nSPS) is 14.3. The molecule has 0 aliphatic carbocycles. The standard InChI is InChI=1S/C17H25NO3/c1-5-17(4,15(20)21)18-14(19)11-12-16(2,3)13-9-7-6-8-10-13/h6-10H,5,11-12H2,1-4H3,(H,18,19)(H,20,21). The quantitative estimate of drug-likeness (QED) is 0.811. The molecule has 0 spiro atoms. The first kappa shape index (κ1) is 17.2. The van der Waals surface area contributed by atoms with Gasteiger partial charge in [-0.15, -0.1) is 0 Å². The molecule has 1 unspecified atom stereocenters. The van der Waals surface area contributed by atoms with E-state index in [0.717, 1.165) is 0 Å². The Kier molecular flexibility index (Phi) is 5.53. The number of hydrogen-bond donors (Lipinski definition) is 2. The molecule has 0 heterocycles. The molecule has 1 atom stereocenters. The predicted octanol–water partition coefficient (Wildman–Crippen LogP) is 3.11. The van der Waals surface area contributed by atoms with Gasteiger partial charge in [-0.05, 0) is 30.7 Å². The number of carbonyl (C=O) groups is 2. The Morgan fingerprint density at radius 1 is 1.14 bits per heavy atom. The van der Waals surface area contributed by atoms with Gasteiger partial charge in [0.2, 0.25) is 5.91 Å². The van der Waals surface area contributed by atoms with Crippen LogP contribution in [0.3, 0.4) is 0 Å². The highest BCUT2D eigenvalue weighted by atomic mass is 16.4. The van der Waals surface area contributed by atoms with Crippen LogP contribution in [0.4, 0.5) is 0 Å². The van der Waals surface area contributed by atoms with Gasteiger partial charge in [0.25, 0.3) is 0 Å². The zero-order valence-electron chi connectivity index (χ0n) is 13.3. The number of carboxylic acid groups (broad SMARTS) is 1. The Morgan fingerprint density at radius 3 is 2.19 bits per heavy atom. The second-order valence-corrected chi connectivity index (χ2v) is 6.29. The number of carboxylic acids is 1. The fraction of sp³-hybridized carbons (Fsp3) is 0.529. The minimum atomic E-state index is -1.19. The summed E-state index contributed by atoms with van der Waals surface area (Å²) in [5.41, 5.74) is -0.132. The van der Waals surface area contributed by atoms with Crippen molar-refractivity contribution in [2.24, 2.45) is 0 Å². The highest BCUT2D eigenvalue weighted by Gasteiger charge is 2.33. The molecule has 0 radical (unpaired) electrons. The fourth-order valence-corrected chi connectivity index (χ4v) is 2.12. The topological polar surface area (TPSA) is 66.4 Å². The molecule has 21 heavy (non-hydrogen) atoms. The maximum atomic E-state index is 12.0. The molecule has 0 fully saturated rings. The summed E-state index contributed by atoms with van der Waals surface area (Å²) < 4.78 is 0. The van der Waals surface area contributed by atoms with Gasteiger partial charge in [0, 0.05) is 6.42 Å². The van der Waals surface area contributed by atoms with Crippen molar-refractivity contribution in [1.29, 1.82) is 0 Å². The van der Waals surface area contributed by atoms with E-state index in [2.05, 4.69) is 19.2 Å². The van der Waals surface area contributed by atoms with Crippen LogP contribution in [0.1, 0.15) is 52.5 Å². The van der Waals surface area contributed by atoms with Crippen LogP contribution in [0, 0.1) is 0 Å². The first-order chi connectivity index (χ1) is 9.71. The lowest BCUT2D eigenvalue weighted by Crippen LogP contribution is -2.51. The van der Waals surface area contributed by atoms with Crippen molar-refractivity contribution >= 4 is 11.9 Å². The van der Waals surface area contributed by atoms with Gasteiger partial charge in [0.1, 0.15) is 5.54 Å². The lowest BCUT2D eigenvalue weighted by atomic mass is 9.80. The second kappa shape index (κ2) is 6.74. The number of carbonyl (C=O) groups excluding carboxylic acids is 1. The van der Waals surface area contributed by atoms with Crippen LogP contribution in [-0.4, -0.2) is 22.5 Å².